The number of methoxy groups -OCH3 is 1. The molecule has 4 aromatic rings. The van der Waals surface area contributed by atoms with E-state index in [9.17, 15) is 9.90 Å². The molecule has 1 atom stereocenters. The number of phenolic OH excluding ortho intramolecular Hbond substituents is 1. The molecule has 1 amide bonds. The van der Waals surface area contributed by atoms with Crippen molar-refractivity contribution in [3.63, 3.8) is 0 Å². The summed E-state index contributed by atoms with van der Waals surface area (Å²) in [5.74, 6) is -0.902. The van der Waals surface area contributed by atoms with Crippen LogP contribution in [0.15, 0.2) is 30.5 Å². The molecule has 1 saturated heterocycles. The van der Waals surface area contributed by atoms with Gasteiger partial charge in [-0.1, -0.05) is 6.07 Å². The average Bonchev–Trinajstić information content (AvgIpc) is 2.91. The monoisotopic (exact) mass is 521 g/mol. The highest BCUT2D eigenvalue weighted by Crippen LogP contribution is 2.39. The number of halogens is 2. The number of nitrogens with one attached hydrogen (secondary N) is 1. The summed E-state index contributed by atoms with van der Waals surface area (Å²) in [6.07, 6.45) is 3.02. The summed E-state index contributed by atoms with van der Waals surface area (Å²) < 4.78 is 42.1. The number of aromatic hydroxyl groups is 1. The van der Waals surface area contributed by atoms with Crippen molar-refractivity contribution in [2.75, 3.05) is 31.7 Å². The fourth-order valence-electron chi connectivity index (χ4n) is 5.38. The van der Waals surface area contributed by atoms with Crippen molar-refractivity contribution in [2.24, 2.45) is 0 Å². The van der Waals surface area contributed by atoms with E-state index < -0.39 is 17.7 Å². The standard InChI is InChI=1S/C27H25F2N5O4/c1-37-26-32-24-19-12-30-23(22(24)29)18-11-16(35)10-14-6-7-20(28)17(21(14)18)5-3-9-38-27(36)31-15-4-2-8-34(13-15)25(19)33-26/h6-7,10-12,15,35H,2-5,8-9,13H2,1H3,(H,31,36). The highest BCUT2D eigenvalue weighted by molar-refractivity contribution is 6.01. The van der Waals surface area contributed by atoms with Crippen LogP contribution in [-0.4, -0.2) is 59.0 Å². The van der Waals surface area contributed by atoms with Gasteiger partial charge in [0.05, 0.1) is 19.1 Å². The lowest BCUT2D eigenvalue weighted by molar-refractivity contribution is 0.139. The highest BCUT2D eigenvalue weighted by atomic mass is 19.1. The van der Waals surface area contributed by atoms with E-state index in [0.717, 1.165) is 12.8 Å². The molecule has 11 heteroatoms. The van der Waals surface area contributed by atoms with E-state index in [1.165, 1.54) is 37.6 Å². The minimum Gasteiger partial charge on any atom is -0.508 e. The Kier molecular flexibility index (Phi) is 6.05. The fraction of sp³-hybridized carbons (Fsp3) is 0.333. The van der Waals surface area contributed by atoms with Gasteiger partial charge in [-0.2, -0.15) is 9.97 Å². The Morgan fingerprint density at radius 2 is 2.08 bits per heavy atom. The molecule has 2 N–H and O–H groups in total. The zero-order valence-corrected chi connectivity index (χ0v) is 20.6. The number of carbonyl (C=O) groups is 1. The smallest absolute Gasteiger partial charge is 0.407 e. The third-order valence-corrected chi connectivity index (χ3v) is 7.08. The van der Waals surface area contributed by atoms with Crippen molar-refractivity contribution in [2.45, 2.75) is 31.7 Å². The number of pyridine rings is 1. The maximum atomic E-state index is 16.3. The van der Waals surface area contributed by atoms with E-state index >= 15 is 8.78 Å². The maximum absolute atomic E-state index is 16.3. The third kappa shape index (κ3) is 4.17. The number of piperidine rings is 1. The number of aryl methyl sites for hydroxylation is 1. The number of fused-ring (bicyclic) bond motifs is 6. The number of hydrogen-bond donors (Lipinski definition) is 2. The Morgan fingerprint density at radius 3 is 2.92 bits per heavy atom. The summed E-state index contributed by atoms with van der Waals surface area (Å²) in [7, 11) is 1.40. The van der Waals surface area contributed by atoms with Crippen LogP contribution in [0.3, 0.4) is 0 Å². The van der Waals surface area contributed by atoms with Gasteiger partial charge in [0.2, 0.25) is 0 Å². The Bertz CT molecular complexity index is 1580. The van der Waals surface area contributed by atoms with Gasteiger partial charge in [0.25, 0.3) is 0 Å². The van der Waals surface area contributed by atoms with Crippen LogP contribution in [0.25, 0.3) is 32.9 Å². The first-order chi connectivity index (χ1) is 18.4. The molecule has 2 aromatic carbocycles. The SMILES string of the molecule is COc1nc2c3cnc(c(F)c3n1)-c1cc(O)cc3ccc(F)c(c13)CCCOC(=O)NC1CCCN2C1. The summed E-state index contributed by atoms with van der Waals surface area (Å²) in [6, 6.07) is 5.46. The minimum atomic E-state index is -0.735. The Balaban J connectivity index is 1.64. The lowest BCUT2D eigenvalue weighted by Gasteiger charge is -2.34. The normalized spacial score (nSPS) is 17.9. The second-order valence-corrected chi connectivity index (χ2v) is 9.50. The van der Waals surface area contributed by atoms with Crippen LogP contribution in [-0.2, 0) is 11.2 Å². The van der Waals surface area contributed by atoms with Crippen LogP contribution >= 0.6 is 0 Å². The van der Waals surface area contributed by atoms with Crippen LogP contribution in [0.1, 0.15) is 24.8 Å². The molecular weight excluding hydrogens is 496 g/mol. The topological polar surface area (TPSA) is 110 Å². The van der Waals surface area contributed by atoms with Crippen LogP contribution in [0.2, 0.25) is 0 Å². The fourth-order valence-corrected chi connectivity index (χ4v) is 5.38. The van der Waals surface area contributed by atoms with Gasteiger partial charge in [-0.25, -0.2) is 13.6 Å². The number of phenols is 1. The molecule has 3 aliphatic heterocycles. The molecule has 38 heavy (non-hydrogen) atoms. The summed E-state index contributed by atoms with van der Waals surface area (Å²) in [6.45, 7) is 1.14. The van der Waals surface area contributed by atoms with Gasteiger partial charge in [-0.15, -0.1) is 0 Å². The molecule has 3 aliphatic rings. The number of carbonyl (C=O) groups excluding carboxylic acids is 1. The average molecular weight is 522 g/mol. The number of nitrogens with zero attached hydrogens (tertiary/aromatic N) is 4. The second kappa shape index (κ2) is 9.55. The first kappa shape index (κ1) is 24.1. The lowest BCUT2D eigenvalue weighted by Crippen LogP contribution is -2.48. The number of hydrogen-bond acceptors (Lipinski definition) is 8. The molecule has 7 rings (SSSR count). The van der Waals surface area contributed by atoms with Gasteiger partial charge >= 0.3 is 12.1 Å². The Labute approximate surface area is 216 Å². The highest BCUT2D eigenvalue weighted by Gasteiger charge is 2.28. The third-order valence-electron chi connectivity index (χ3n) is 7.08. The largest absolute Gasteiger partial charge is 0.508 e. The van der Waals surface area contributed by atoms with Crippen molar-refractivity contribution >= 4 is 33.6 Å². The van der Waals surface area contributed by atoms with Crippen LogP contribution in [0.4, 0.5) is 19.4 Å². The van der Waals surface area contributed by atoms with E-state index in [1.807, 2.05) is 4.90 Å². The second-order valence-electron chi connectivity index (χ2n) is 9.50. The number of ether oxygens (including phenoxy) is 2. The molecular formula is C27H25F2N5O4. The molecule has 196 valence electrons. The van der Waals surface area contributed by atoms with Gasteiger partial charge in [0.1, 0.15) is 28.6 Å². The van der Waals surface area contributed by atoms with Gasteiger partial charge in [0, 0.05) is 30.9 Å². The first-order valence-electron chi connectivity index (χ1n) is 12.5. The number of aromatic nitrogens is 3. The predicted molar refractivity (Wildman–Crippen MR) is 136 cm³/mol. The predicted octanol–water partition coefficient (Wildman–Crippen LogP) is 4.48. The number of rotatable bonds is 1. The zero-order valence-electron chi connectivity index (χ0n) is 20.6. The van der Waals surface area contributed by atoms with Crippen LogP contribution in [0.5, 0.6) is 11.8 Å². The Hall–Kier alpha value is -4.28. The van der Waals surface area contributed by atoms with E-state index in [0.29, 0.717) is 47.1 Å². The van der Waals surface area contributed by atoms with E-state index in [-0.39, 0.29) is 47.6 Å². The first-order valence-corrected chi connectivity index (χ1v) is 12.5. The molecule has 1 unspecified atom stereocenters. The molecule has 2 aromatic heterocycles. The van der Waals surface area contributed by atoms with Crippen molar-refractivity contribution in [3.8, 4) is 23.0 Å². The van der Waals surface area contributed by atoms with E-state index in [4.69, 9.17) is 9.47 Å². The summed E-state index contributed by atoms with van der Waals surface area (Å²) in [5.41, 5.74) is 0.458. The van der Waals surface area contributed by atoms with Crippen molar-refractivity contribution in [1.82, 2.24) is 20.3 Å². The summed E-state index contributed by atoms with van der Waals surface area (Å²) >= 11 is 0. The molecule has 0 aliphatic carbocycles. The number of anilines is 1. The molecule has 9 nitrogen and oxygen atoms in total. The van der Waals surface area contributed by atoms with Gasteiger partial charge in [-0.3, -0.25) is 4.98 Å². The molecule has 6 bridgehead atoms. The Morgan fingerprint density at radius 1 is 1.21 bits per heavy atom. The molecule has 0 saturated carbocycles. The molecule has 5 heterocycles. The van der Waals surface area contributed by atoms with Crippen molar-refractivity contribution in [1.29, 1.82) is 0 Å². The van der Waals surface area contributed by atoms with Crippen LogP contribution in [0, 0.1) is 11.6 Å². The zero-order chi connectivity index (χ0) is 26.4. The van der Waals surface area contributed by atoms with Gasteiger partial charge in [0.15, 0.2) is 5.82 Å². The summed E-state index contributed by atoms with van der Waals surface area (Å²) in [5, 5.41) is 14.7. The minimum absolute atomic E-state index is 0.00916. The van der Waals surface area contributed by atoms with Crippen molar-refractivity contribution < 1.29 is 28.2 Å². The molecule has 0 radical (unpaired) electrons. The van der Waals surface area contributed by atoms with E-state index in [1.54, 1.807) is 0 Å². The van der Waals surface area contributed by atoms with Gasteiger partial charge in [-0.05, 0) is 60.2 Å². The van der Waals surface area contributed by atoms with E-state index in [2.05, 4.69) is 20.3 Å². The van der Waals surface area contributed by atoms with Gasteiger partial charge < -0.3 is 24.8 Å². The summed E-state index contributed by atoms with van der Waals surface area (Å²) in [4.78, 5) is 27.7. The van der Waals surface area contributed by atoms with Crippen LogP contribution < -0.4 is 15.0 Å². The number of amides is 1. The van der Waals surface area contributed by atoms with Crippen molar-refractivity contribution in [3.05, 3.63) is 47.7 Å². The molecule has 1 fully saturated rings. The number of alkyl carbamates (subject to hydrolysis) is 1. The molecule has 0 spiro atoms. The quantitative estimate of drug-likeness (QED) is 0.378. The lowest BCUT2D eigenvalue weighted by atomic mass is 9.93. The maximum Gasteiger partial charge on any atom is 0.407 e. The number of benzene rings is 2.